The van der Waals surface area contributed by atoms with Crippen LogP contribution in [0, 0.1) is 12.3 Å². The van der Waals surface area contributed by atoms with Crippen LogP contribution in [-0.2, 0) is 0 Å². The maximum atomic E-state index is 12.0. The van der Waals surface area contributed by atoms with E-state index in [0.29, 0.717) is 21.2 Å². The smallest absolute Gasteiger partial charge is 0.265 e. The van der Waals surface area contributed by atoms with E-state index in [-0.39, 0.29) is 18.4 Å². The van der Waals surface area contributed by atoms with Crippen molar-refractivity contribution >= 4 is 40.4 Å². The van der Waals surface area contributed by atoms with Crippen LogP contribution in [0.3, 0.4) is 0 Å². The first-order valence-corrected chi connectivity index (χ1v) is 7.23. The van der Waals surface area contributed by atoms with Gasteiger partial charge in [0.25, 0.3) is 11.8 Å². The zero-order chi connectivity index (χ0) is 15.2. The number of hydrogen-bond acceptors (Lipinski definition) is 3. The van der Waals surface area contributed by atoms with Crippen LogP contribution in [0.15, 0.2) is 35.7 Å². The number of hydrogen-bond donors (Lipinski definition) is 2. The summed E-state index contributed by atoms with van der Waals surface area (Å²) in [7, 11) is 0. The highest BCUT2D eigenvalue weighted by atomic mass is 35.5. The minimum absolute atomic E-state index is 0.137. The van der Waals surface area contributed by atoms with Gasteiger partial charge in [0.1, 0.15) is 0 Å². The topological polar surface area (TPSA) is 58.2 Å². The number of anilines is 1. The molecule has 0 unspecified atom stereocenters. The number of rotatable bonds is 4. The van der Waals surface area contributed by atoms with Gasteiger partial charge in [0, 0.05) is 5.56 Å². The first-order chi connectivity index (χ1) is 10.1. The van der Waals surface area contributed by atoms with Gasteiger partial charge in [-0.2, -0.15) is 0 Å². The third-order valence-corrected chi connectivity index (χ3v) is 3.77. The fourth-order valence-electron chi connectivity index (χ4n) is 1.59. The van der Waals surface area contributed by atoms with Gasteiger partial charge in [0.05, 0.1) is 22.1 Å². The maximum absolute atomic E-state index is 12.0. The summed E-state index contributed by atoms with van der Waals surface area (Å²) < 4.78 is 0. The maximum Gasteiger partial charge on any atom is 0.265 e. The predicted octanol–water partition coefficient (Wildman–Crippen LogP) is 3.02. The SMILES string of the molecule is C#CCNC(=O)c1ccc(Cl)c(NC(=O)c2cccs2)c1. The second kappa shape index (κ2) is 6.93. The number of halogens is 1. The summed E-state index contributed by atoms with van der Waals surface area (Å²) in [5, 5.41) is 7.39. The van der Waals surface area contributed by atoms with Crippen molar-refractivity contribution in [2.45, 2.75) is 0 Å². The molecule has 2 aromatic rings. The zero-order valence-corrected chi connectivity index (χ0v) is 12.4. The van der Waals surface area contributed by atoms with Crippen molar-refractivity contribution in [1.29, 1.82) is 0 Å². The van der Waals surface area contributed by atoms with Gasteiger partial charge in [-0.3, -0.25) is 9.59 Å². The third-order valence-electron chi connectivity index (χ3n) is 2.57. The molecular weight excluding hydrogens is 308 g/mol. The molecule has 1 aromatic heterocycles. The van der Waals surface area contributed by atoms with Crippen LogP contribution < -0.4 is 10.6 Å². The Balaban J connectivity index is 2.18. The average molecular weight is 319 g/mol. The Kier molecular flexibility index (Phi) is 4.99. The van der Waals surface area contributed by atoms with Gasteiger partial charge in [0.15, 0.2) is 0 Å². The highest BCUT2D eigenvalue weighted by molar-refractivity contribution is 7.12. The number of amides is 2. The molecule has 2 rings (SSSR count). The fraction of sp³-hybridized carbons (Fsp3) is 0.0667. The van der Waals surface area contributed by atoms with E-state index in [9.17, 15) is 9.59 Å². The minimum Gasteiger partial charge on any atom is -0.341 e. The zero-order valence-electron chi connectivity index (χ0n) is 10.9. The van der Waals surface area contributed by atoms with Gasteiger partial charge in [-0.1, -0.05) is 23.6 Å². The van der Waals surface area contributed by atoms with Crippen molar-refractivity contribution < 1.29 is 9.59 Å². The predicted molar refractivity (Wildman–Crippen MR) is 84.9 cm³/mol. The van der Waals surface area contributed by atoms with E-state index in [1.807, 2.05) is 0 Å². The molecule has 1 aromatic carbocycles. The van der Waals surface area contributed by atoms with Crippen LogP contribution in [0.1, 0.15) is 20.0 Å². The van der Waals surface area contributed by atoms with E-state index in [0.717, 1.165) is 0 Å². The lowest BCUT2D eigenvalue weighted by Gasteiger charge is -2.08. The number of nitrogens with one attached hydrogen (secondary N) is 2. The van der Waals surface area contributed by atoms with Crippen molar-refractivity contribution in [3.05, 3.63) is 51.2 Å². The van der Waals surface area contributed by atoms with Gasteiger partial charge < -0.3 is 10.6 Å². The molecule has 0 aliphatic rings. The quantitative estimate of drug-likeness (QED) is 0.851. The number of carbonyl (C=O) groups excluding carboxylic acids is 2. The lowest BCUT2D eigenvalue weighted by atomic mass is 10.2. The molecule has 1 heterocycles. The van der Waals surface area contributed by atoms with E-state index in [4.69, 9.17) is 18.0 Å². The largest absolute Gasteiger partial charge is 0.341 e. The van der Waals surface area contributed by atoms with Crippen LogP contribution in [0.5, 0.6) is 0 Å². The monoisotopic (exact) mass is 318 g/mol. The van der Waals surface area contributed by atoms with E-state index < -0.39 is 0 Å². The minimum atomic E-state index is -0.323. The van der Waals surface area contributed by atoms with Crippen molar-refractivity contribution in [3.63, 3.8) is 0 Å². The van der Waals surface area contributed by atoms with Crippen LogP contribution in [0.25, 0.3) is 0 Å². The third kappa shape index (κ3) is 3.85. The molecule has 0 bridgehead atoms. The molecule has 0 saturated heterocycles. The molecule has 4 nitrogen and oxygen atoms in total. The Hall–Kier alpha value is -2.29. The van der Waals surface area contributed by atoms with Gasteiger partial charge in [-0.05, 0) is 29.6 Å². The van der Waals surface area contributed by atoms with E-state index in [2.05, 4.69) is 16.6 Å². The standard InChI is InChI=1S/C15H11ClN2O2S/c1-2-7-17-14(19)10-5-6-11(16)12(9-10)18-15(20)13-4-3-8-21-13/h1,3-6,8-9H,7H2,(H,17,19)(H,18,20). The number of terminal acetylenes is 1. The van der Waals surface area contributed by atoms with Crippen LogP contribution in [0.2, 0.25) is 5.02 Å². The molecular formula is C15H11ClN2O2S. The summed E-state index contributed by atoms with van der Waals surface area (Å²) in [6, 6.07) is 8.12. The molecule has 0 saturated carbocycles. The lowest BCUT2D eigenvalue weighted by Crippen LogP contribution is -2.23. The Labute approximate surface area is 131 Å². The molecule has 0 aliphatic heterocycles. The summed E-state index contributed by atoms with van der Waals surface area (Å²) >= 11 is 7.36. The number of thiophene rings is 1. The van der Waals surface area contributed by atoms with Crippen LogP contribution in [0.4, 0.5) is 5.69 Å². The number of benzene rings is 1. The van der Waals surface area contributed by atoms with E-state index >= 15 is 0 Å². The van der Waals surface area contributed by atoms with Gasteiger partial charge in [-0.15, -0.1) is 17.8 Å². The van der Waals surface area contributed by atoms with Gasteiger partial charge in [-0.25, -0.2) is 0 Å². The molecule has 21 heavy (non-hydrogen) atoms. The second-order valence-electron chi connectivity index (χ2n) is 4.01. The first kappa shape index (κ1) is 15.1. The Morgan fingerprint density at radius 3 is 2.76 bits per heavy atom. The number of carbonyl (C=O) groups is 2. The molecule has 0 radical (unpaired) electrons. The highest BCUT2D eigenvalue weighted by Crippen LogP contribution is 2.24. The second-order valence-corrected chi connectivity index (χ2v) is 5.37. The molecule has 6 heteroatoms. The van der Waals surface area contributed by atoms with Crippen molar-refractivity contribution in [2.75, 3.05) is 11.9 Å². The summed E-state index contributed by atoms with van der Waals surface area (Å²) in [5.41, 5.74) is 0.750. The van der Waals surface area contributed by atoms with Crippen molar-refractivity contribution in [1.82, 2.24) is 5.32 Å². The van der Waals surface area contributed by atoms with Crippen molar-refractivity contribution in [3.8, 4) is 12.3 Å². The lowest BCUT2D eigenvalue weighted by molar-refractivity contribution is 0.0957. The molecule has 0 aliphatic carbocycles. The molecule has 0 fully saturated rings. The van der Waals surface area contributed by atoms with Crippen molar-refractivity contribution in [2.24, 2.45) is 0 Å². The summed E-state index contributed by atoms with van der Waals surface area (Å²) in [5.74, 6) is 1.73. The molecule has 0 atom stereocenters. The fourth-order valence-corrected chi connectivity index (χ4v) is 2.37. The normalized spacial score (nSPS) is 9.71. The van der Waals surface area contributed by atoms with Crippen LogP contribution >= 0.6 is 22.9 Å². The summed E-state index contributed by atoms with van der Waals surface area (Å²) in [6.45, 7) is 0.137. The van der Waals surface area contributed by atoms with E-state index in [1.54, 1.807) is 29.6 Å². The summed E-state index contributed by atoms with van der Waals surface area (Å²) in [4.78, 5) is 24.4. The Morgan fingerprint density at radius 2 is 2.10 bits per heavy atom. The van der Waals surface area contributed by atoms with Gasteiger partial charge in [0.2, 0.25) is 0 Å². The summed E-state index contributed by atoms with van der Waals surface area (Å²) in [6.07, 6.45) is 5.09. The molecule has 2 N–H and O–H groups in total. The molecule has 2 amide bonds. The first-order valence-electron chi connectivity index (χ1n) is 5.98. The average Bonchev–Trinajstić information content (AvgIpc) is 3.01. The molecule has 106 valence electrons. The van der Waals surface area contributed by atoms with Crippen LogP contribution in [-0.4, -0.2) is 18.4 Å². The Morgan fingerprint density at radius 1 is 1.29 bits per heavy atom. The molecule has 0 spiro atoms. The highest BCUT2D eigenvalue weighted by Gasteiger charge is 2.12. The van der Waals surface area contributed by atoms with E-state index in [1.165, 1.54) is 17.4 Å². The Bertz CT molecular complexity index is 705. The van der Waals surface area contributed by atoms with Gasteiger partial charge >= 0.3 is 0 Å².